The van der Waals surface area contributed by atoms with E-state index in [9.17, 15) is 13.6 Å². The molecule has 0 unspecified atom stereocenters. The second kappa shape index (κ2) is 7.34. The van der Waals surface area contributed by atoms with Crippen LogP contribution < -0.4 is 0 Å². The van der Waals surface area contributed by atoms with Gasteiger partial charge in [-0.3, -0.25) is 4.79 Å². The van der Waals surface area contributed by atoms with Gasteiger partial charge in [0.2, 0.25) is 5.91 Å². The van der Waals surface area contributed by atoms with E-state index in [2.05, 4.69) is 0 Å². The van der Waals surface area contributed by atoms with Gasteiger partial charge < -0.3 is 4.90 Å². The minimum Gasteiger partial charge on any atom is -0.325 e. The molecule has 2 aromatic rings. The van der Waals surface area contributed by atoms with E-state index in [1.54, 1.807) is 4.90 Å². The van der Waals surface area contributed by atoms with Crippen LogP contribution in [0.3, 0.4) is 0 Å². The molecule has 1 heterocycles. The first-order chi connectivity index (χ1) is 11.6. The molecule has 0 spiro atoms. The third kappa shape index (κ3) is 3.31. The van der Waals surface area contributed by atoms with Crippen LogP contribution >= 0.6 is 11.8 Å². The summed E-state index contributed by atoms with van der Waals surface area (Å²) in [6.07, 6.45) is 0.683. The summed E-state index contributed by atoms with van der Waals surface area (Å²) in [5.41, 5.74) is 1.34. The molecule has 1 fully saturated rings. The maximum absolute atomic E-state index is 14.2. The molecule has 0 radical (unpaired) electrons. The van der Waals surface area contributed by atoms with Gasteiger partial charge in [0.15, 0.2) is 0 Å². The van der Waals surface area contributed by atoms with Crippen LogP contribution in [0.2, 0.25) is 0 Å². The molecule has 0 saturated carbocycles. The smallest absolute Gasteiger partial charge is 0.231 e. The molecule has 5 heteroatoms. The Labute approximate surface area is 144 Å². The molecular weight excluding hydrogens is 328 g/mol. The highest BCUT2D eigenvalue weighted by Crippen LogP contribution is 2.41. The molecule has 1 saturated heterocycles. The third-order valence-electron chi connectivity index (χ3n) is 4.31. The number of nitrogens with zero attached hydrogens (tertiary/aromatic N) is 1. The standard InChI is InChI=1S/C19H19F2NOS/c1-2-15(13-6-4-3-5-7-13)18(23)22-10-11-24-19(22)16-9-8-14(20)12-17(16)21/h3-9,12,15,19H,2,10-11H2,1H3/t15-,19-/m0/s1. The Balaban J connectivity index is 1.88. The van der Waals surface area contributed by atoms with Crippen molar-refractivity contribution in [2.45, 2.75) is 24.6 Å². The Kier molecular flexibility index (Phi) is 5.19. The Morgan fingerprint density at radius 2 is 2.00 bits per heavy atom. The van der Waals surface area contributed by atoms with Gasteiger partial charge in [-0.2, -0.15) is 0 Å². The van der Waals surface area contributed by atoms with Gasteiger partial charge in [0, 0.05) is 23.9 Å². The van der Waals surface area contributed by atoms with Crippen molar-refractivity contribution in [3.8, 4) is 0 Å². The summed E-state index contributed by atoms with van der Waals surface area (Å²) >= 11 is 1.52. The van der Waals surface area contributed by atoms with Crippen molar-refractivity contribution in [1.82, 2.24) is 4.90 Å². The van der Waals surface area contributed by atoms with Crippen LogP contribution in [0.25, 0.3) is 0 Å². The molecule has 2 atom stereocenters. The van der Waals surface area contributed by atoms with E-state index >= 15 is 0 Å². The SMILES string of the molecule is CC[C@H](C(=O)N1CCS[C@H]1c1ccc(F)cc1F)c1ccccc1. The summed E-state index contributed by atoms with van der Waals surface area (Å²) in [4.78, 5) is 14.8. The Morgan fingerprint density at radius 1 is 1.25 bits per heavy atom. The first kappa shape index (κ1) is 17.0. The zero-order valence-corrected chi connectivity index (χ0v) is 14.2. The molecule has 0 aliphatic carbocycles. The largest absolute Gasteiger partial charge is 0.325 e. The molecule has 1 aliphatic heterocycles. The van der Waals surface area contributed by atoms with E-state index in [4.69, 9.17) is 0 Å². The lowest BCUT2D eigenvalue weighted by Gasteiger charge is -2.28. The number of rotatable bonds is 4. The number of carbonyl (C=O) groups excluding carboxylic acids is 1. The summed E-state index contributed by atoms with van der Waals surface area (Å²) in [6.45, 7) is 2.56. The molecule has 2 nitrogen and oxygen atoms in total. The predicted octanol–water partition coefficient (Wildman–Crippen LogP) is 4.73. The van der Waals surface area contributed by atoms with Crippen molar-refractivity contribution >= 4 is 17.7 Å². The average molecular weight is 347 g/mol. The fourth-order valence-electron chi connectivity index (χ4n) is 3.09. The third-order valence-corrected chi connectivity index (χ3v) is 5.55. The zero-order valence-electron chi connectivity index (χ0n) is 13.4. The molecule has 2 aromatic carbocycles. The molecule has 0 bridgehead atoms. The van der Waals surface area contributed by atoms with Crippen molar-refractivity contribution in [2.75, 3.05) is 12.3 Å². The highest BCUT2D eigenvalue weighted by atomic mass is 32.2. The normalized spacial score (nSPS) is 18.6. The van der Waals surface area contributed by atoms with Gasteiger partial charge in [-0.15, -0.1) is 11.8 Å². The molecule has 0 aromatic heterocycles. The molecule has 3 rings (SSSR count). The maximum atomic E-state index is 14.2. The Bertz CT molecular complexity index is 723. The summed E-state index contributed by atoms with van der Waals surface area (Å²) in [6, 6.07) is 13.2. The summed E-state index contributed by atoms with van der Waals surface area (Å²) in [5.74, 6) is -0.690. The van der Waals surface area contributed by atoms with Crippen molar-refractivity contribution in [3.63, 3.8) is 0 Å². The highest BCUT2D eigenvalue weighted by Gasteiger charge is 2.35. The number of thioether (sulfide) groups is 1. The second-order valence-electron chi connectivity index (χ2n) is 5.79. The van der Waals surface area contributed by atoms with Gasteiger partial charge in [-0.25, -0.2) is 8.78 Å². The van der Waals surface area contributed by atoms with Crippen molar-refractivity contribution < 1.29 is 13.6 Å². The first-order valence-corrected chi connectivity index (χ1v) is 9.08. The minimum atomic E-state index is -0.604. The van der Waals surface area contributed by atoms with Gasteiger partial charge in [0.1, 0.15) is 17.0 Å². The van der Waals surface area contributed by atoms with Crippen LogP contribution in [0.15, 0.2) is 48.5 Å². The van der Waals surface area contributed by atoms with E-state index in [0.717, 1.165) is 17.4 Å². The number of hydrogen-bond acceptors (Lipinski definition) is 2. The van der Waals surface area contributed by atoms with Crippen LogP contribution in [0.5, 0.6) is 0 Å². The van der Waals surface area contributed by atoms with Crippen molar-refractivity contribution in [2.24, 2.45) is 0 Å². The molecule has 1 amide bonds. The van der Waals surface area contributed by atoms with Crippen LogP contribution in [0.1, 0.15) is 35.8 Å². The van der Waals surface area contributed by atoms with Crippen molar-refractivity contribution in [1.29, 1.82) is 0 Å². The fraction of sp³-hybridized carbons (Fsp3) is 0.316. The zero-order chi connectivity index (χ0) is 17.1. The fourth-order valence-corrected chi connectivity index (χ4v) is 4.38. The second-order valence-corrected chi connectivity index (χ2v) is 6.98. The minimum absolute atomic E-state index is 0.00225. The molecule has 0 N–H and O–H groups in total. The Hall–Kier alpha value is -1.88. The highest BCUT2D eigenvalue weighted by molar-refractivity contribution is 7.99. The van der Waals surface area contributed by atoms with E-state index < -0.39 is 17.0 Å². The van der Waals surface area contributed by atoms with Gasteiger partial charge >= 0.3 is 0 Å². The predicted molar refractivity (Wildman–Crippen MR) is 92.7 cm³/mol. The summed E-state index contributed by atoms with van der Waals surface area (Å²) < 4.78 is 27.3. The number of halogens is 2. The van der Waals surface area contributed by atoms with E-state index in [-0.39, 0.29) is 11.8 Å². The Morgan fingerprint density at radius 3 is 2.67 bits per heavy atom. The summed E-state index contributed by atoms with van der Waals surface area (Å²) in [5, 5.41) is -0.393. The van der Waals surface area contributed by atoms with Gasteiger partial charge in [-0.1, -0.05) is 43.3 Å². The number of hydrogen-bond donors (Lipinski definition) is 0. The summed E-state index contributed by atoms with van der Waals surface area (Å²) in [7, 11) is 0. The van der Waals surface area contributed by atoms with Crippen LogP contribution in [-0.2, 0) is 4.79 Å². The van der Waals surface area contributed by atoms with E-state index in [1.807, 2.05) is 37.3 Å². The van der Waals surface area contributed by atoms with Gasteiger partial charge in [-0.05, 0) is 18.1 Å². The number of carbonyl (C=O) groups is 1. The maximum Gasteiger partial charge on any atom is 0.231 e. The first-order valence-electron chi connectivity index (χ1n) is 8.03. The van der Waals surface area contributed by atoms with Gasteiger partial charge in [0.25, 0.3) is 0 Å². The number of benzene rings is 2. The number of amides is 1. The van der Waals surface area contributed by atoms with Crippen molar-refractivity contribution in [3.05, 3.63) is 71.3 Å². The average Bonchev–Trinajstić information content (AvgIpc) is 3.06. The van der Waals surface area contributed by atoms with E-state index in [1.165, 1.54) is 23.9 Å². The topological polar surface area (TPSA) is 20.3 Å². The molecular formula is C19H19F2NOS. The molecule has 126 valence electrons. The lowest BCUT2D eigenvalue weighted by molar-refractivity contribution is -0.133. The molecule has 24 heavy (non-hydrogen) atoms. The van der Waals surface area contributed by atoms with Gasteiger partial charge in [0.05, 0.1) is 5.92 Å². The molecule has 1 aliphatic rings. The lowest BCUT2D eigenvalue weighted by Crippen LogP contribution is -2.34. The van der Waals surface area contributed by atoms with E-state index in [0.29, 0.717) is 18.5 Å². The van der Waals surface area contributed by atoms with Crippen LogP contribution in [0.4, 0.5) is 8.78 Å². The lowest BCUT2D eigenvalue weighted by atomic mass is 9.95. The quantitative estimate of drug-likeness (QED) is 0.797. The van der Waals surface area contributed by atoms with Crippen LogP contribution in [0, 0.1) is 11.6 Å². The van der Waals surface area contributed by atoms with Crippen LogP contribution in [-0.4, -0.2) is 23.1 Å². The monoisotopic (exact) mass is 347 g/mol.